The van der Waals surface area contributed by atoms with E-state index in [2.05, 4.69) is 20.1 Å². The highest BCUT2D eigenvalue weighted by Gasteiger charge is 2.45. The average Bonchev–Trinajstić information content (AvgIpc) is 3.63. The molecule has 11 heteroatoms. The number of alkyl halides is 3. The Bertz CT molecular complexity index is 1590. The molecule has 6 rings (SSSR count). The van der Waals surface area contributed by atoms with E-state index < -0.39 is 12.3 Å². The average molecular weight is 555 g/mol. The lowest BCUT2D eigenvalue weighted by molar-refractivity contribution is -0.225. The highest BCUT2D eigenvalue weighted by molar-refractivity contribution is 6.02. The number of piperidine rings is 1. The van der Waals surface area contributed by atoms with Gasteiger partial charge in [-0.15, -0.1) is 10.2 Å². The lowest BCUT2D eigenvalue weighted by atomic mass is 9.94. The summed E-state index contributed by atoms with van der Waals surface area (Å²) in [4.78, 5) is 19.2. The third-order valence-electron chi connectivity index (χ3n) is 8.54. The lowest BCUT2D eigenvalue weighted by Gasteiger charge is -2.32. The van der Waals surface area contributed by atoms with Crippen LogP contribution in [-0.4, -0.2) is 61.6 Å². The Labute approximate surface area is 229 Å². The zero-order chi connectivity index (χ0) is 28.2. The minimum Gasteiger partial charge on any atom is -0.361 e. The van der Waals surface area contributed by atoms with Crippen LogP contribution in [0.1, 0.15) is 57.4 Å². The Hall–Kier alpha value is -3.31. The third-order valence-corrected chi connectivity index (χ3v) is 8.54. The van der Waals surface area contributed by atoms with Gasteiger partial charge in [-0.25, -0.2) is 4.79 Å². The van der Waals surface area contributed by atoms with E-state index in [-0.39, 0.29) is 24.0 Å². The molecule has 212 valence electrons. The summed E-state index contributed by atoms with van der Waals surface area (Å²) in [5.41, 5.74) is 3.32. The minimum absolute atomic E-state index is 0.00303. The smallest absolute Gasteiger partial charge is 0.361 e. The normalized spacial score (nSPS) is 18.3. The maximum atomic E-state index is 13.9. The molecule has 0 bridgehead atoms. The van der Waals surface area contributed by atoms with Gasteiger partial charge in [0.05, 0.1) is 17.8 Å². The second kappa shape index (κ2) is 9.95. The van der Waals surface area contributed by atoms with Gasteiger partial charge in [0.2, 0.25) is 0 Å². The summed E-state index contributed by atoms with van der Waals surface area (Å²) in [5, 5.41) is 9.26. The summed E-state index contributed by atoms with van der Waals surface area (Å²) in [5.74, 6) is 0. The van der Waals surface area contributed by atoms with Crippen molar-refractivity contribution in [2.75, 3.05) is 26.2 Å². The summed E-state index contributed by atoms with van der Waals surface area (Å²) < 4.78 is 50.4. The molecule has 8 nitrogen and oxygen atoms in total. The van der Waals surface area contributed by atoms with E-state index in [1.165, 1.54) is 29.7 Å². The molecule has 2 fully saturated rings. The predicted molar refractivity (Wildman–Crippen MR) is 146 cm³/mol. The van der Waals surface area contributed by atoms with Gasteiger partial charge in [0.15, 0.2) is 11.8 Å². The Kier molecular flexibility index (Phi) is 6.69. The van der Waals surface area contributed by atoms with E-state index in [0.29, 0.717) is 34.2 Å². The number of aryl methyl sites for hydroxylation is 1. The van der Waals surface area contributed by atoms with Crippen molar-refractivity contribution in [3.8, 4) is 11.1 Å². The molecule has 1 aliphatic carbocycles. The molecule has 1 spiro atoms. The number of halogens is 3. The van der Waals surface area contributed by atoms with Crippen LogP contribution in [0.2, 0.25) is 0 Å². The molecule has 1 saturated carbocycles. The fourth-order valence-electron chi connectivity index (χ4n) is 5.86. The molecule has 1 atom stereocenters. The largest absolute Gasteiger partial charge is 0.420 e. The van der Waals surface area contributed by atoms with Crippen LogP contribution in [0.4, 0.5) is 13.2 Å². The molecule has 40 heavy (non-hydrogen) atoms. The maximum absolute atomic E-state index is 13.9. The van der Waals surface area contributed by atoms with Crippen molar-refractivity contribution in [3.63, 3.8) is 0 Å². The Morgan fingerprint density at radius 3 is 2.38 bits per heavy atom. The van der Waals surface area contributed by atoms with Crippen molar-refractivity contribution in [3.05, 3.63) is 52.7 Å². The first-order valence-corrected chi connectivity index (χ1v) is 13.8. The van der Waals surface area contributed by atoms with E-state index in [4.69, 9.17) is 4.74 Å². The van der Waals surface area contributed by atoms with Crippen molar-refractivity contribution in [2.24, 2.45) is 12.5 Å². The molecule has 1 unspecified atom stereocenters. The Morgan fingerprint density at radius 1 is 1.02 bits per heavy atom. The number of ether oxygens (including phenoxy) is 1. The van der Waals surface area contributed by atoms with Crippen LogP contribution in [0.3, 0.4) is 0 Å². The fraction of sp³-hybridized carbons (Fsp3) is 0.517. The van der Waals surface area contributed by atoms with E-state index in [1.807, 2.05) is 26.0 Å². The SMILES string of the molecule is CC(C)n1c(=O)n(C)c2nnc3ccc(-c4ccc(C(OCCN5CCC6(CC5)CC6)C(F)(F)F)nc4)cc3c21. The molecule has 0 radical (unpaired) electrons. The number of pyridine rings is 1. The summed E-state index contributed by atoms with van der Waals surface area (Å²) >= 11 is 0. The van der Waals surface area contributed by atoms with Gasteiger partial charge in [0, 0.05) is 36.8 Å². The van der Waals surface area contributed by atoms with E-state index in [0.717, 1.165) is 36.9 Å². The van der Waals surface area contributed by atoms with Crippen molar-refractivity contribution in [1.82, 2.24) is 29.2 Å². The fourth-order valence-corrected chi connectivity index (χ4v) is 5.86. The lowest BCUT2D eigenvalue weighted by Crippen LogP contribution is -2.37. The zero-order valence-electron chi connectivity index (χ0n) is 22.9. The number of rotatable bonds is 7. The first kappa shape index (κ1) is 26.9. The highest BCUT2D eigenvalue weighted by atomic mass is 19.4. The number of benzene rings is 1. The van der Waals surface area contributed by atoms with Gasteiger partial charge in [-0.05, 0) is 81.8 Å². The van der Waals surface area contributed by atoms with E-state index >= 15 is 0 Å². The predicted octanol–water partition coefficient (Wildman–Crippen LogP) is 5.42. The second-order valence-electron chi connectivity index (χ2n) is 11.5. The monoisotopic (exact) mass is 554 g/mol. The van der Waals surface area contributed by atoms with Crippen molar-refractivity contribution >= 4 is 22.1 Å². The summed E-state index contributed by atoms with van der Waals surface area (Å²) in [6.45, 7) is 6.18. The van der Waals surface area contributed by atoms with Crippen molar-refractivity contribution in [2.45, 2.75) is 57.9 Å². The first-order chi connectivity index (χ1) is 19.1. The van der Waals surface area contributed by atoms with Gasteiger partial charge in [-0.2, -0.15) is 13.2 Å². The summed E-state index contributed by atoms with van der Waals surface area (Å²) in [6.07, 6.45) is -0.384. The standard InChI is InChI=1S/C29H33F3N6O2/c1-18(2)38-24-21-16-19(4-6-22(21)34-35-26(24)36(3)27(38)39)20-5-7-23(33-17-20)25(29(30,31)32)40-15-14-37-12-10-28(8-9-28)11-13-37/h4-7,16-18,25H,8-15H2,1-3H3. The molecule has 1 aliphatic heterocycles. The van der Waals surface area contributed by atoms with Gasteiger partial charge in [0.1, 0.15) is 5.52 Å². The van der Waals surface area contributed by atoms with Crippen LogP contribution in [0.5, 0.6) is 0 Å². The van der Waals surface area contributed by atoms with Crippen LogP contribution in [0.15, 0.2) is 41.3 Å². The molecule has 1 saturated heterocycles. The second-order valence-corrected chi connectivity index (χ2v) is 11.5. The molecular formula is C29H33F3N6O2. The zero-order valence-corrected chi connectivity index (χ0v) is 22.9. The van der Waals surface area contributed by atoms with Gasteiger partial charge in [-0.3, -0.25) is 14.1 Å². The Morgan fingerprint density at radius 2 is 1.75 bits per heavy atom. The van der Waals surface area contributed by atoms with E-state index in [1.54, 1.807) is 23.7 Å². The molecule has 0 amide bonds. The number of imidazole rings is 1. The summed E-state index contributed by atoms with van der Waals surface area (Å²) in [7, 11) is 1.66. The number of nitrogens with zero attached hydrogens (tertiary/aromatic N) is 6. The molecule has 1 aromatic carbocycles. The number of fused-ring (bicyclic) bond motifs is 3. The van der Waals surface area contributed by atoms with Gasteiger partial charge in [-0.1, -0.05) is 12.1 Å². The van der Waals surface area contributed by atoms with Crippen LogP contribution < -0.4 is 5.69 Å². The number of hydrogen-bond acceptors (Lipinski definition) is 6. The molecule has 4 heterocycles. The van der Waals surface area contributed by atoms with Gasteiger partial charge in [0.25, 0.3) is 0 Å². The first-order valence-electron chi connectivity index (χ1n) is 13.8. The van der Waals surface area contributed by atoms with Crippen molar-refractivity contribution < 1.29 is 17.9 Å². The number of likely N-dealkylation sites (tertiary alicyclic amines) is 1. The van der Waals surface area contributed by atoms with Gasteiger partial charge < -0.3 is 9.64 Å². The Balaban J connectivity index is 1.24. The van der Waals surface area contributed by atoms with Crippen LogP contribution in [-0.2, 0) is 11.8 Å². The molecule has 2 aliphatic rings. The minimum atomic E-state index is -4.57. The number of hydrogen-bond donors (Lipinski definition) is 0. The maximum Gasteiger partial charge on any atom is 0.420 e. The van der Waals surface area contributed by atoms with Crippen LogP contribution in [0.25, 0.3) is 33.2 Å². The van der Waals surface area contributed by atoms with Gasteiger partial charge >= 0.3 is 11.9 Å². The highest BCUT2D eigenvalue weighted by Crippen LogP contribution is 2.53. The van der Waals surface area contributed by atoms with Crippen LogP contribution >= 0.6 is 0 Å². The summed E-state index contributed by atoms with van der Waals surface area (Å²) in [6, 6.07) is 8.39. The van der Waals surface area contributed by atoms with Crippen LogP contribution in [0, 0.1) is 5.41 Å². The quantitative estimate of drug-likeness (QED) is 0.304. The molecule has 3 aromatic heterocycles. The topological polar surface area (TPSA) is 78.1 Å². The number of aromatic nitrogens is 5. The third kappa shape index (κ3) is 4.89. The molecular weight excluding hydrogens is 521 g/mol. The van der Waals surface area contributed by atoms with Crippen molar-refractivity contribution in [1.29, 1.82) is 0 Å². The molecule has 0 N–H and O–H groups in total. The van der Waals surface area contributed by atoms with E-state index in [9.17, 15) is 18.0 Å². The molecule has 4 aromatic rings.